The lowest BCUT2D eigenvalue weighted by Gasteiger charge is -2.16. The van der Waals surface area contributed by atoms with Crippen LogP contribution in [0, 0.1) is 0 Å². The summed E-state index contributed by atoms with van der Waals surface area (Å²) in [7, 11) is 0. The van der Waals surface area contributed by atoms with Crippen LogP contribution in [0.25, 0.3) is 10.9 Å². The highest BCUT2D eigenvalue weighted by Crippen LogP contribution is 2.21. The quantitative estimate of drug-likeness (QED) is 0.787. The van der Waals surface area contributed by atoms with Gasteiger partial charge in [-0.1, -0.05) is 22.9 Å². The van der Waals surface area contributed by atoms with Crippen molar-refractivity contribution in [2.24, 2.45) is 0 Å². The van der Waals surface area contributed by atoms with E-state index in [-0.39, 0.29) is 17.0 Å². The van der Waals surface area contributed by atoms with Crippen molar-refractivity contribution >= 4 is 44.9 Å². The maximum absolute atomic E-state index is 12.7. The van der Waals surface area contributed by atoms with E-state index >= 15 is 0 Å². The minimum absolute atomic E-state index is 0.0451. The normalized spacial score (nSPS) is 11.1. The van der Waals surface area contributed by atoms with E-state index in [9.17, 15) is 9.59 Å². The van der Waals surface area contributed by atoms with Gasteiger partial charge in [0.1, 0.15) is 11.1 Å². The number of nitrogens with one attached hydrogen (secondary N) is 1. The maximum Gasteiger partial charge on any atom is 0.262 e. The van der Waals surface area contributed by atoms with Crippen molar-refractivity contribution in [3.05, 3.63) is 50.7 Å². The number of nitrogens with zero attached hydrogens (tertiary/aromatic N) is 3. The molecule has 2 aromatic heterocycles. The molecule has 118 valence electrons. The fourth-order valence-corrected chi connectivity index (χ4v) is 2.92. The standard InChI is InChI=1S/C15H13ClN4O2S/c1-8(2)20-6-11(14(22)18-15-19-17-7-23-15)13(21)10-5-9(16)3-4-12(10)20/h3-8H,1-2H3,(H,18,19,22). The second-order valence-corrected chi connectivity index (χ2v) is 6.50. The molecule has 0 spiro atoms. The number of anilines is 1. The molecule has 3 aromatic rings. The molecule has 3 rings (SSSR count). The number of benzene rings is 1. The van der Waals surface area contributed by atoms with Gasteiger partial charge in [0.05, 0.1) is 5.52 Å². The number of hydrogen-bond donors (Lipinski definition) is 1. The summed E-state index contributed by atoms with van der Waals surface area (Å²) >= 11 is 7.19. The average molecular weight is 349 g/mol. The summed E-state index contributed by atoms with van der Waals surface area (Å²) in [6, 6.07) is 5.17. The molecule has 0 aliphatic rings. The van der Waals surface area contributed by atoms with Crippen molar-refractivity contribution in [2.45, 2.75) is 19.9 Å². The molecule has 0 fully saturated rings. The molecule has 0 saturated carbocycles. The van der Waals surface area contributed by atoms with Gasteiger partial charge < -0.3 is 4.57 Å². The number of hydrogen-bond acceptors (Lipinski definition) is 5. The van der Waals surface area contributed by atoms with Crippen LogP contribution in [-0.4, -0.2) is 20.7 Å². The Labute approximate surface area is 140 Å². The van der Waals surface area contributed by atoms with Crippen LogP contribution in [-0.2, 0) is 0 Å². The summed E-state index contributed by atoms with van der Waals surface area (Å²) in [5.41, 5.74) is 1.93. The highest BCUT2D eigenvalue weighted by molar-refractivity contribution is 7.13. The first-order valence-corrected chi connectivity index (χ1v) is 8.15. The Morgan fingerprint density at radius 1 is 1.39 bits per heavy atom. The molecule has 6 nitrogen and oxygen atoms in total. The predicted molar refractivity (Wildman–Crippen MR) is 91.5 cm³/mol. The fraction of sp³-hybridized carbons (Fsp3) is 0.200. The minimum atomic E-state index is -0.511. The zero-order valence-corrected chi connectivity index (χ0v) is 14.0. The smallest absolute Gasteiger partial charge is 0.262 e. The minimum Gasteiger partial charge on any atom is -0.344 e. The molecular formula is C15H13ClN4O2S. The van der Waals surface area contributed by atoms with E-state index in [1.165, 1.54) is 16.8 Å². The molecule has 8 heteroatoms. The number of carbonyl (C=O) groups is 1. The van der Waals surface area contributed by atoms with E-state index in [2.05, 4.69) is 15.5 Å². The van der Waals surface area contributed by atoms with Crippen LogP contribution in [0.4, 0.5) is 5.13 Å². The molecule has 23 heavy (non-hydrogen) atoms. The SMILES string of the molecule is CC(C)n1cc(C(=O)Nc2nncs2)c(=O)c2cc(Cl)ccc21. The number of amides is 1. The van der Waals surface area contributed by atoms with Gasteiger partial charge in [0, 0.05) is 22.6 Å². The number of fused-ring (bicyclic) bond motifs is 1. The van der Waals surface area contributed by atoms with Crippen LogP contribution in [0.2, 0.25) is 5.02 Å². The molecule has 0 aliphatic carbocycles. The van der Waals surface area contributed by atoms with Gasteiger partial charge >= 0.3 is 0 Å². The van der Waals surface area contributed by atoms with Crippen LogP contribution in [0.5, 0.6) is 0 Å². The Bertz CT molecular complexity index is 935. The molecular weight excluding hydrogens is 336 g/mol. The fourth-order valence-electron chi connectivity index (χ4n) is 2.31. The van der Waals surface area contributed by atoms with Crippen molar-refractivity contribution in [2.75, 3.05) is 5.32 Å². The zero-order valence-electron chi connectivity index (χ0n) is 12.4. The van der Waals surface area contributed by atoms with E-state index in [0.717, 1.165) is 5.52 Å². The van der Waals surface area contributed by atoms with E-state index in [1.54, 1.807) is 24.4 Å². The second-order valence-electron chi connectivity index (χ2n) is 5.23. The number of pyridine rings is 1. The van der Waals surface area contributed by atoms with Gasteiger partial charge in [0.25, 0.3) is 5.91 Å². The lowest BCUT2D eigenvalue weighted by Crippen LogP contribution is -2.24. The van der Waals surface area contributed by atoms with Gasteiger partial charge in [-0.25, -0.2) is 0 Å². The average Bonchev–Trinajstić information content (AvgIpc) is 3.00. The van der Waals surface area contributed by atoms with E-state index in [4.69, 9.17) is 11.6 Å². The lowest BCUT2D eigenvalue weighted by atomic mass is 10.1. The third-order valence-corrected chi connectivity index (χ3v) is 4.22. The van der Waals surface area contributed by atoms with Gasteiger partial charge in [0.15, 0.2) is 0 Å². The zero-order chi connectivity index (χ0) is 16.6. The first-order valence-electron chi connectivity index (χ1n) is 6.89. The third-order valence-electron chi connectivity index (χ3n) is 3.38. The topological polar surface area (TPSA) is 76.9 Å². The summed E-state index contributed by atoms with van der Waals surface area (Å²) in [5.74, 6) is -0.511. The van der Waals surface area contributed by atoms with Crippen LogP contribution in [0.1, 0.15) is 30.2 Å². The molecule has 0 unspecified atom stereocenters. The molecule has 1 amide bonds. The van der Waals surface area contributed by atoms with Crippen molar-refractivity contribution in [1.82, 2.24) is 14.8 Å². The molecule has 2 heterocycles. The Balaban J connectivity index is 2.18. The Morgan fingerprint density at radius 3 is 2.83 bits per heavy atom. The highest BCUT2D eigenvalue weighted by Gasteiger charge is 2.17. The van der Waals surface area contributed by atoms with Gasteiger partial charge in [-0.05, 0) is 32.0 Å². The van der Waals surface area contributed by atoms with Crippen molar-refractivity contribution < 1.29 is 4.79 Å². The van der Waals surface area contributed by atoms with Gasteiger partial charge in [-0.15, -0.1) is 10.2 Å². The Kier molecular flexibility index (Phi) is 4.14. The molecule has 0 aliphatic heterocycles. The third kappa shape index (κ3) is 2.97. The molecule has 0 radical (unpaired) electrons. The van der Waals surface area contributed by atoms with Gasteiger partial charge in [-0.3, -0.25) is 14.9 Å². The number of aromatic nitrogens is 3. The molecule has 1 N–H and O–H groups in total. The van der Waals surface area contributed by atoms with Crippen LogP contribution in [0.3, 0.4) is 0 Å². The summed E-state index contributed by atoms with van der Waals surface area (Å²) in [6.07, 6.45) is 1.57. The van der Waals surface area contributed by atoms with Crippen LogP contribution in [0.15, 0.2) is 34.7 Å². The second kappa shape index (κ2) is 6.10. The van der Waals surface area contributed by atoms with Crippen molar-refractivity contribution in [3.63, 3.8) is 0 Å². The molecule has 0 bridgehead atoms. The van der Waals surface area contributed by atoms with Crippen molar-refractivity contribution in [3.8, 4) is 0 Å². The summed E-state index contributed by atoms with van der Waals surface area (Å²) in [5, 5.41) is 11.2. The highest BCUT2D eigenvalue weighted by atomic mass is 35.5. The van der Waals surface area contributed by atoms with Crippen LogP contribution >= 0.6 is 22.9 Å². The predicted octanol–water partition coefficient (Wildman–Crippen LogP) is 3.34. The van der Waals surface area contributed by atoms with E-state index < -0.39 is 5.91 Å². The lowest BCUT2D eigenvalue weighted by molar-refractivity contribution is 0.102. The molecule has 1 aromatic carbocycles. The van der Waals surface area contributed by atoms with Gasteiger partial charge in [-0.2, -0.15) is 0 Å². The number of carbonyl (C=O) groups excluding carboxylic acids is 1. The van der Waals surface area contributed by atoms with E-state index in [0.29, 0.717) is 15.5 Å². The summed E-state index contributed by atoms with van der Waals surface area (Å²) in [6.45, 7) is 3.95. The largest absolute Gasteiger partial charge is 0.344 e. The Hall–Kier alpha value is -2.25. The first kappa shape index (κ1) is 15.6. The van der Waals surface area contributed by atoms with Crippen molar-refractivity contribution in [1.29, 1.82) is 0 Å². The maximum atomic E-state index is 12.7. The summed E-state index contributed by atoms with van der Waals surface area (Å²) < 4.78 is 1.88. The number of rotatable bonds is 3. The Morgan fingerprint density at radius 2 is 2.17 bits per heavy atom. The molecule has 0 saturated heterocycles. The monoisotopic (exact) mass is 348 g/mol. The van der Waals surface area contributed by atoms with Gasteiger partial charge in [0.2, 0.25) is 10.6 Å². The number of halogens is 1. The van der Waals surface area contributed by atoms with E-state index in [1.807, 2.05) is 18.4 Å². The summed E-state index contributed by atoms with van der Waals surface area (Å²) in [4.78, 5) is 25.1. The molecule has 0 atom stereocenters. The first-order chi connectivity index (χ1) is 11.0. The van der Waals surface area contributed by atoms with Crippen LogP contribution < -0.4 is 10.7 Å².